The van der Waals surface area contributed by atoms with Gasteiger partial charge in [0.05, 0.1) is 13.0 Å². The molecule has 172 valence electrons. The SMILES string of the molecule is CC(=O)N(CCC(=O)ONC(=O)OCc1ccccc1)N1C(=O)N[C@@H](CCC(=O)O)C1=O. The van der Waals surface area contributed by atoms with Crippen LogP contribution in [0.15, 0.2) is 30.3 Å². The molecular weight excluding hydrogens is 428 g/mol. The highest BCUT2D eigenvalue weighted by molar-refractivity contribution is 6.05. The van der Waals surface area contributed by atoms with E-state index in [4.69, 9.17) is 9.84 Å². The van der Waals surface area contributed by atoms with Crippen molar-refractivity contribution in [2.24, 2.45) is 0 Å². The molecule has 0 aliphatic carbocycles. The van der Waals surface area contributed by atoms with Crippen molar-refractivity contribution in [3.63, 3.8) is 0 Å². The fourth-order valence-electron chi connectivity index (χ4n) is 2.71. The summed E-state index contributed by atoms with van der Waals surface area (Å²) in [6.45, 7) is 0.632. The predicted octanol–water partition coefficient (Wildman–Crippen LogP) is 0.310. The van der Waals surface area contributed by atoms with Gasteiger partial charge in [-0.15, -0.1) is 5.48 Å². The quantitative estimate of drug-likeness (QED) is 0.354. The second kappa shape index (κ2) is 11.3. The Hall–Kier alpha value is -4.16. The van der Waals surface area contributed by atoms with Crippen LogP contribution in [-0.2, 0) is 35.4 Å². The Kier molecular flexibility index (Phi) is 8.51. The number of imide groups is 1. The van der Waals surface area contributed by atoms with Gasteiger partial charge in [-0.1, -0.05) is 30.3 Å². The summed E-state index contributed by atoms with van der Waals surface area (Å²) in [5.41, 5.74) is 2.52. The molecule has 1 saturated heterocycles. The van der Waals surface area contributed by atoms with Gasteiger partial charge in [-0.25, -0.2) is 19.4 Å². The van der Waals surface area contributed by atoms with Crippen LogP contribution in [0.2, 0.25) is 0 Å². The molecule has 1 aromatic rings. The van der Waals surface area contributed by atoms with Crippen LogP contribution in [0.1, 0.15) is 31.7 Å². The van der Waals surface area contributed by atoms with E-state index in [1.807, 2.05) is 0 Å². The number of rotatable bonds is 9. The number of nitrogens with one attached hydrogen (secondary N) is 2. The number of ether oxygens (including phenoxy) is 1. The second-order valence-corrected chi connectivity index (χ2v) is 6.61. The number of carbonyl (C=O) groups is 6. The van der Waals surface area contributed by atoms with Crippen molar-refractivity contribution in [1.29, 1.82) is 0 Å². The Morgan fingerprint density at radius 3 is 2.47 bits per heavy atom. The minimum atomic E-state index is -1.15. The maximum Gasteiger partial charge on any atom is 0.441 e. The third kappa shape index (κ3) is 6.97. The number of amides is 5. The van der Waals surface area contributed by atoms with Crippen molar-refractivity contribution in [3.05, 3.63) is 35.9 Å². The average molecular weight is 450 g/mol. The van der Waals surface area contributed by atoms with Gasteiger partial charge in [0.15, 0.2) is 0 Å². The number of nitrogens with zero attached hydrogens (tertiary/aromatic N) is 2. The van der Waals surface area contributed by atoms with E-state index in [0.717, 1.165) is 17.5 Å². The van der Waals surface area contributed by atoms with E-state index in [1.54, 1.807) is 35.8 Å². The van der Waals surface area contributed by atoms with E-state index >= 15 is 0 Å². The number of carboxylic acid groups (broad SMARTS) is 1. The Labute approximate surface area is 182 Å². The van der Waals surface area contributed by atoms with Crippen LogP contribution >= 0.6 is 0 Å². The van der Waals surface area contributed by atoms with Crippen molar-refractivity contribution < 1.29 is 43.4 Å². The van der Waals surface area contributed by atoms with E-state index < -0.39 is 54.9 Å². The molecule has 1 aliphatic rings. The largest absolute Gasteiger partial charge is 0.481 e. The van der Waals surface area contributed by atoms with E-state index in [-0.39, 0.29) is 19.4 Å². The number of hydrazine groups is 1. The molecule has 0 radical (unpaired) electrons. The van der Waals surface area contributed by atoms with Crippen LogP contribution in [-0.4, -0.2) is 63.6 Å². The molecule has 0 unspecified atom stereocenters. The lowest BCUT2D eigenvalue weighted by Gasteiger charge is -2.27. The number of hydrogen-bond donors (Lipinski definition) is 3. The van der Waals surface area contributed by atoms with Gasteiger partial charge in [-0.05, 0) is 12.0 Å². The van der Waals surface area contributed by atoms with Crippen LogP contribution in [0, 0.1) is 0 Å². The van der Waals surface area contributed by atoms with Crippen LogP contribution < -0.4 is 10.8 Å². The Morgan fingerprint density at radius 2 is 1.84 bits per heavy atom. The van der Waals surface area contributed by atoms with Gasteiger partial charge < -0.3 is 20.0 Å². The first-order valence-corrected chi connectivity index (χ1v) is 9.49. The Morgan fingerprint density at radius 1 is 1.16 bits per heavy atom. The van der Waals surface area contributed by atoms with Crippen molar-refractivity contribution >= 4 is 35.9 Å². The zero-order chi connectivity index (χ0) is 23.7. The lowest BCUT2D eigenvalue weighted by atomic mass is 10.1. The van der Waals surface area contributed by atoms with Crippen molar-refractivity contribution in [2.75, 3.05) is 6.54 Å². The first-order valence-electron chi connectivity index (χ1n) is 9.49. The minimum Gasteiger partial charge on any atom is -0.481 e. The van der Waals surface area contributed by atoms with Gasteiger partial charge in [-0.3, -0.25) is 14.4 Å². The van der Waals surface area contributed by atoms with Gasteiger partial charge >= 0.3 is 24.1 Å². The normalized spacial score (nSPS) is 15.0. The summed E-state index contributed by atoms with van der Waals surface area (Å²) in [5, 5.41) is 12.3. The first kappa shape index (κ1) is 24.1. The van der Waals surface area contributed by atoms with Crippen LogP contribution in [0.4, 0.5) is 9.59 Å². The van der Waals surface area contributed by atoms with E-state index in [9.17, 15) is 28.8 Å². The Balaban J connectivity index is 1.81. The molecule has 1 aliphatic heterocycles. The van der Waals surface area contributed by atoms with Crippen molar-refractivity contribution in [2.45, 2.75) is 38.8 Å². The van der Waals surface area contributed by atoms with E-state index in [2.05, 4.69) is 10.2 Å². The maximum absolute atomic E-state index is 12.4. The summed E-state index contributed by atoms with van der Waals surface area (Å²) in [5.74, 6) is -3.63. The van der Waals surface area contributed by atoms with Crippen molar-refractivity contribution in [1.82, 2.24) is 20.8 Å². The molecule has 0 aromatic heterocycles. The van der Waals surface area contributed by atoms with Gasteiger partial charge in [0.2, 0.25) is 5.91 Å². The van der Waals surface area contributed by atoms with E-state index in [1.165, 1.54) is 0 Å². The highest BCUT2D eigenvalue weighted by Gasteiger charge is 2.42. The predicted molar refractivity (Wildman–Crippen MR) is 104 cm³/mol. The molecule has 2 rings (SSSR count). The average Bonchev–Trinajstić information content (AvgIpc) is 3.03. The fourth-order valence-corrected chi connectivity index (χ4v) is 2.71. The summed E-state index contributed by atoms with van der Waals surface area (Å²) in [6.07, 6.45) is -1.99. The molecule has 3 N–H and O–H groups in total. The zero-order valence-corrected chi connectivity index (χ0v) is 17.1. The number of hydroxylamine groups is 1. The topological polar surface area (TPSA) is 172 Å². The third-order valence-corrected chi connectivity index (χ3v) is 4.24. The van der Waals surface area contributed by atoms with Gasteiger partial charge in [-0.2, -0.15) is 5.01 Å². The highest BCUT2D eigenvalue weighted by atomic mass is 16.7. The number of carbonyl (C=O) groups excluding carboxylic acids is 5. The summed E-state index contributed by atoms with van der Waals surface area (Å²) in [6, 6.07) is 6.76. The smallest absolute Gasteiger partial charge is 0.441 e. The molecule has 32 heavy (non-hydrogen) atoms. The summed E-state index contributed by atoms with van der Waals surface area (Å²) in [7, 11) is 0. The summed E-state index contributed by atoms with van der Waals surface area (Å²) < 4.78 is 4.86. The fraction of sp³-hybridized carbons (Fsp3) is 0.368. The monoisotopic (exact) mass is 450 g/mol. The van der Waals surface area contributed by atoms with E-state index in [0.29, 0.717) is 5.01 Å². The number of benzene rings is 1. The maximum atomic E-state index is 12.4. The lowest BCUT2D eigenvalue weighted by Crippen LogP contribution is -2.50. The van der Waals surface area contributed by atoms with Gasteiger partial charge in [0.25, 0.3) is 5.91 Å². The van der Waals surface area contributed by atoms with Crippen LogP contribution in [0.5, 0.6) is 0 Å². The molecule has 13 nitrogen and oxygen atoms in total. The van der Waals surface area contributed by atoms with Crippen LogP contribution in [0.3, 0.4) is 0 Å². The molecule has 13 heteroatoms. The minimum absolute atomic E-state index is 0.0441. The number of carboxylic acids is 1. The standard InChI is InChI=1S/C19H22N4O9/c1-12(24)22(23-17(28)14(20-18(23)29)7-8-15(25)26)10-9-16(27)32-21-19(30)31-11-13-5-3-2-4-6-13/h2-6,14H,7-11H2,1H3,(H,20,29)(H,21,30)(H,25,26)/t14-/m0/s1. The summed E-state index contributed by atoms with van der Waals surface area (Å²) in [4.78, 5) is 75.1. The molecule has 0 bridgehead atoms. The highest BCUT2D eigenvalue weighted by Crippen LogP contribution is 2.15. The number of aliphatic carboxylic acids is 1. The number of urea groups is 1. The molecule has 1 atom stereocenters. The molecular formula is C19H22N4O9. The molecule has 1 fully saturated rings. The molecule has 0 saturated carbocycles. The third-order valence-electron chi connectivity index (χ3n) is 4.24. The zero-order valence-electron chi connectivity index (χ0n) is 17.1. The molecule has 1 aromatic carbocycles. The van der Waals surface area contributed by atoms with Gasteiger partial charge in [0.1, 0.15) is 12.6 Å². The van der Waals surface area contributed by atoms with Crippen molar-refractivity contribution in [3.8, 4) is 0 Å². The molecule has 1 heterocycles. The Bertz CT molecular complexity index is 890. The first-order chi connectivity index (χ1) is 15.2. The second-order valence-electron chi connectivity index (χ2n) is 6.61. The number of hydrogen-bond acceptors (Lipinski definition) is 8. The lowest BCUT2D eigenvalue weighted by molar-refractivity contribution is -0.158. The van der Waals surface area contributed by atoms with Crippen LogP contribution in [0.25, 0.3) is 0 Å². The van der Waals surface area contributed by atoms with Gasteiger partial charge in [0, 0.05) is 13.3 Å². The summed E-state index contributed by atoms with van der Waals surface area (Å²) >= 11 is 0. The molecule has 5 amide bonds. The molecule has 0 spiro atoms.